The quantitative estimate of drug-likeness (QED) is 0.374. The van der Waals surface area contributed by atoms with Crippen LogP contribution in [0.2, 0.25) is 0 Å². The van der Waals surface area contributed by atoms with Gasteiger partial charge in [-0.25, -0.2) is 0 Å². The predicted octanol–water partition coefficient (Wildman–Crippen LogP) is 3.61. The van der Waals surface area contributed by atoms with Gasteiger partial charge in [-0.05, 0) is 88.8 Å². The Labute approximate surface area is 259 Å². The van der Waals surface area contributed by atoms with Crippen molar-refractivity contribution in [3.8, 4) is 0 Å². The Hall–Kier alpha value is 1.31. The number of nitrogens with zero attached hydrogens (tertiary/aromatic N) is 1. The summed E-state index contributed by atoms with van der Waals surface area (Å²) < 4.78 is 0. The number of rotatable bonds is 3. The summed E-state index contributed by atoms with van der Waals surface area (Å²) in [7, 11) is 0. The Kier molecular flexibility index (Phi) is 27.1. The summed E-state index contributed by atoms with van der Waals surface area (Å²) in [5, 5.41) is 0. The molecule has 1 saturated heterocycles. The summed E-state index contributed by atoms with van der Waals surface area (Å²) in [6, 6.07) is 11.6. The number of unbranched alkanes of at least 4 members (excludes halogenated alkanes) is 1. The maximum Gasteiger partial charge on any atom is 2.00 e. The van der Waals surface area contributed by atoms with Crippen molar-refractivity contribution >= 4 is 23.1 Å². The molecule has 4 heteroatoms. The van der Waals surface area contributed by atoms with E-state index in [0.29, 0.717) is 5.92 Å². The molecule has 0 amide bonds. The van der Waals surface area contributed by atoms with Crippen molar-refractivity contribution in [1.29, 1.82) is 0 Å². The van der Waals surface area contributed by atoms with E-state index in [1.54, 1.807) is 0 Å². The fraction of sp³-hybridized carbons (Fsp3) is 0.367. The Morgan fingerprint density at radius 2 is 1.38 bits per heavy atom. The van der Waals surface area contributed by atoms with E-state index >= 15 is 0 Å². The van der Waals surface area contributed by atoms with Crippen molar-refractivity contribution in [2.75, 3.05) is 6.54 Å². The second-order valence-corrected chi connectivity index (χ2v) is 8.26. The van der Waals surface area contributed by atoms with E-state index in [2.05, 4.69) is 62.4 Å². The minimum atomic E-state index is 0. The van der Waals surface area contributed by atoms with Gasteiger partial charge in [0.15, 0.2) is 0 Å². The van der Waals surface area contributed by atoms with E-state index in [1.165, 1.54) is 37.8 Å². The van der Waals surface area contributed by atoms with Gasteiger partial charge >= 0.3 is 49.3 Å². The van der Waals surface area contributed by atoms with Crippen molar-refractivity contribution in [2.45, 2.75) is 51.6 Å². The second-order valence-electron chi connectivity index (χ2n) is 8.26. The van der Waals surface area contributed by atoms with Gasteiger partial charge in [0.25, 0.3) is 0 Å². The van der Waals surface area contributed by atoms with Gasteiger partial charge in [0.05, 0.1) is 0 Å². The molecular weight excluding hydrogens is 570 g/mol. The summed E-state index contributed by atoms with van der Waals surface area (Å²) in [4.78, 5) is 2.65. The van der Waals surface area contributed by atoms with E-state index in [1.807, 2.05) is 64.2 Å². The van der Waals surface area contributed by atoms with Crippen LogP contribution in [0.15, 0.2) is 30.3 Å². The van der Waals surface area contributed by atoms with Crippen LogP contribution in [-0.2, 0) is 32.7 Å². The molecule has 3 aliphatic carbocycles. The Balaban J connectivity index is 0. The zero-order valence-electron chi connectivity index (χ0n) is 20.9. The van der Waals surface area contributed by atoms with E-state index in [4.69, 9.17) is 0 Å². The molecule has 3 saturated carbocycles. The number of likely N-dealkylation sites (tertiary alicyclic amines) is 1. The standard InChI is InChI=1S/C16H21N.2C5H5.C4H9.BrH.Mg.Zr/c1-13-11-17(12-14-7-3-2-4-8-14)16-10-6-5-9-15(13)16;2*1-2-4-5-3-1;1-3-4-2;;;/h2-4,7-9,13,15-16H,1,5-6,10-12H2;2*1-5H;1,3-4H2,2H3;1H;;/q-2;;;-1;;2*+2/p-1/t13-,15-,16-;;;;;;/m1....../s1. The first-order valence-electron chi connectivity index (χ1n) is 11.8. The van der Waals surface area contributed by atoms with Crippen LogP contribution >= 0.6 is 0 Å². The van der Waals surface area contributed by atoms with E-state index in [0.717, 1.165) is 24.9 Å². The molecule has 0 N–H and O–H groups in total. The second kappa shape index (κ2) is 24.6. The van der Waals surface area contributed by atoms with Crippen molar-refractivity contribution in [1.82, 2.24) is 4.90 Å². The van der Waals surface area contributed by atoms with Crippen LogP contribution in [0.3, 0.4) is 0 Å². The van der Waals surface area contributed by atoms with Crippen LogP contribution in [0.5, 0.6) is 0 Å². The Morgan fingerprint density at radius 3 is 1.82 bits per heavy atom. The van der Waals surface area contributed by atoms with Gasteiger partial charge in [0.1, 0.15) is 0 Å². The third-order valence-corrected chi connectivity index (χ3v) is 5.76. The van der Waals surface area contributed by atoms with Crippen LogP contribution in [0.1, 0.15) is 44.6 Å². The van der Waals surface area contributed by atoms with Crippen LogP contribution in [-0.4, -0.2) is 40.5 Å². The summed E-state index contributed by atoms with van der Waals surface area (Å²) in [5.74, 6) is 1.34. The predicted molar refractivity (Wildman–Crippen MR) is 140 cm³/mol. The van der Waals surface area contributed by atoms with Gasteiger partial charge in [-0.2, -0.15) is 24.7 Å². The smallest absolute Gasteiger partial charge is 1.00 e. The topological polar surface area (TPSA) is 3.24 Å². The monoisotopic (exact) mass is 607 g/mol. The number of hydrogen-bond acceptors (Lipinski definition) is 1. The van der Waals surface area contributed by atoms with Gasteiger partial charge in [-0.3, -0.25) is 0 Å². The first-order chi connectivity index (χ1) is 15.3. The number of benzene rings is 1. The first-order valence-corrected chi connectivity index (χ1v) is 11.8. The van der Waals surface area contributed by atoms with Crippen LogP contribution in [0, 0.1) is 96.3 Å². The zero-order valence-corrected chi connectivity index (χ0v) is 26.3. The molecule has 3 atom stereocenters. The molecule has 1 nitrogen and oxygen atoms in total. The SMILES string of the molecule is [Br-].[CH2-]CCC.[CH2-][C@@H]1CN(Cc2ccccc2)[C@@H]2CCC[CH-][C@H]12.[CH]1[CH][CH][CH][CH]1.[CH]1[CH][CH][CH][CH]1.[Mg+2].[Zr+2]. The van der Waals surface area contributed by atoms with Crippen molar-refractivity contribution < 1.29 is 43.2 Å². The number of fused-ring (bicyclic) bond motifs is 1. The fourth-order valence-corrected chi connectivity index (χ4v) is 4.12. The average molecular weight is 610 g/mol. The maximum atomic E-state index is 4.34. The molecule has 0 spiro atoms. The summed E-state index contributed by atoms with van der Waals surface area (Å²) >= 11 is 0. The van der Waals surface area contributed by atoms with E-state index in [-0.39, 0.29) is 66.2 Å². The molecule has 4 fully saturated rings. The Morgan fingerprint density at radius 1 is 0.912 bits per heavy atom. The molecule has 0 unspecified atom stereocenters. The third kappa shape index (κ3) is 15.5. The van der Waals surface area contributed by atoms with Crippen LogP contribution in [0.4, 0.5) is 0 Å². The van der Waals surface area contributed by atoms with Crippen molar-refractivity contribution in [3.63, 3.8) is 0 Å². The minimum absolute atomic E-state index is 0. The largest absolute Gasteiger partial charge is 2.00 e. The van der Waals surface area contributed by atoms with Gasteiger partial charge in [0, 0.05) is 6.54 Å². The summed E-state index contributed by atoms with van der Waals surface area (Å²) in [5.41, 5.74) is 1.44. The first kappa shape index (κ1) is 37.5. The summed E-state index contributed by atoms with van der Waals surface area (Å²) in [6.07, 6.45) is 28.8. The molecule has 5 rings (SSSR count). The molecule has 1 aliphatic heterocycles. The molecule has 34 heavy (non-hydrogen) atoms. The molecule has 4 aliphatic rings. The van der Waals surface area contributed by atoms with Gasteiger partial charge < -0.3 is 42.1 Å². The molecule has 1 aromatic carbocycles. The maximum absolute atomic E-state index is 4.34. The normalized spacial score (nSPS) is 24.7. The van der Waals surface area contributed by atoms with Gasteiger partial charge in [0.2, 0.25) is 0 Å². The molecule has 10 radical (unpaired) electrons. The zero-order chi connectivity index (χ0) is 22.2. The average Bonchev–Trinajstić information content (AvgIpc) is 3.61. The third-order valence-electron chi connectivity index (χ3n) is 5.76. The van der Waals surface area contributed by atoms with Gasteiger partial charge in [-0.1, -0.05) is 50.1 Å². The number of halogens is 1. The van der Waals surface area contributed by atoms with Crippen LogP contribution in [0.25, 0.3) is 0 Å². The van der Waals surface area contributed by atoms with Crippen LogP contribution < -0.4 is 17.0 Å². The molecule has 178 valence electrons. The molecule has 1 heterocycles. The molecule has 0 aromatic heterocycles. The minimum Gasteiger partial charge on any atom is -1.00 e. The molecule has 1 aromatic rings. The van der Waals surface area contributed by atoms with Gasteiger partial charge in [-0.15, -0.1) is 0 Å². The Bertz CT molecular complexity index is 509. The fourth-order valence-electron chi connectivity index (χ4n) is 4.12. The summed E-state index contributed by atoms with van der Waals surface area (Å²) in [6.45, 7) is 12.3. The van der Waals surface area contributed by atoms with E-state index in [9.17, 15) is 0 Å². The number of hydrogen-bond donors (Lipinski definition) is 0. The molecular formula is C30H40BrMgNZr. The molecule has 0 bridgehead atoms. The van der Waals surface area contributed by atoms with Crippen molar-refractivity contribution in [2.24, 2.45) is 11.8 Å². The van der Waals surface area contributed by atoms with Crippen molar-refractivity contribution in [3.05, 3.63) is 120 Å². The van der Waals surface area contributed by atoms with E-state index < -0.39 is 0 Å².